The van der Waals surface area contributed by atoms with Gasteiger partial charge in [-0.2, -0.15) is 0 Å². The van der Waals surface area contributed by atoms with Crippen molar-refractivity contribution in [1.29, 1.82) is 0 Å². The molecule has 0 radical (unpaired) electrons. The summed E-state index contributed by atoms with van der Waals surface area (Å²) in [5.74, 6) is 0.690. The first-order chi connectivity index (χ1) is 8.10. The van der Waals surface area contributed by atoms with Crippen LogP contribution >= 0.6 is 0 Å². The van der Waals surface area contributed by atoms with Crippen LogP contribution in [0.5, 0.6) is 0 Å². The predicted molar refractivity (Wildman–Crippen MR) is 68.1 cm³/mol. The van der Waals surface area contributed by atoms with Crippen molar-refractivity contribution in [3.63, 3.8) is 0 Å². The van der Waals surface area contributed by atoms with Gasteiger partial charge in [-0.25, -0.2) is 0 Å². The molecule has 2 N–H and O–H groups in total. The summed E-state index contributed by atoms with van der Waals surface area (Å²) in [6.07, 6.45) is 2.31. The van der Waals surface area contributed by atoms with Gasteiger partial charge in [-0.05, 0) is 18.4 Å². The van der Waals surface area contributed by atoms with Crippen LogP contribution in [-0.4, -0.2) is 18.0 Å². The van der Waals surface area contributed by atoms with Gasteiger partial charge >= 0.3 is 0 Å². The number of non-ortho nitro benzene ring substituents is 1. The lowest BCUT2D eigenvalue weighted by Crippen LogP contribution is -2.19. The Morgan fingerprint density at radius 2 is 2.29 bits per heavy atom. The normalized spacial score (nSPS) is 19.6. The molecule has 1 heterocycles. The molecule has 5 heteroatoms. The number of nitrogens with two attached hydrogens (primary N) is 1. The Morgan fingerprint density at radius 1 is 1.53 bits per heavy atom. The van der Waals surface area contributed by atoms with E-state index in [1.54, 1.807) is 6.07 Å². The van der Waals surface area contributed by atoms with Crippen LogP contribution in [0, 0.1) is 16.0 Å². The molecule has 0 aromatic heterocycles. The number of nitrogens with zero attached hydrogens (tertiary/aromatic N) is 2. The Bertz CT molecular complexity index is 434. The standard InChI is InChI=1S/C12H17N3O2/c1-2-9-3-4-14(8-9)11-5-10(13)6-12(7-11)15(16)17/h5-7,9H,2-4,8,13H2,1H3. The van der Waals surface area contributed by atoms with Gasteiger partial charge in [-0.3, -0.25) is 10.1 Å². The van der Waals surface area contributed by atoms with E-state index in [1.165, 1.54) is 6.07 Å². The van der Waals surface area contributed by atoms with E-state index in [4.69, 9.17) is 5.73 Å². The summed E-state index contributed by atoms with van der Waals surface area (Å²) in [6.45, 7) is 4.10. The minimum atomic E-state index is -0.396. The van der Waals surface area contributed by atoms with Gasteiger partial charge < -0.3 is 10.6 Å². The molecule has 1 aliphatic heterocycles. The highest BCUT2D eigenvalue weighted by atomic mass is 16.6. The lowest BCUT2D eigenvalue weighted by atomic mass is 10.1. The van der Waals surface area contributed by atoms with Crippen LogP contribution in [0.4, 0.5) is 17.1 Å². The third-order valence-electron chi connectivity index (χ3n) is 3.36. The number of hydrogen-bond acceptors (Lipinski definition) is 4. The lowest BCUT2D eigenvalue weighted by molar-refractivity contribution is -0.384. The van der Waals surface area contributed by atoms with Crippen molar-refractivity contribution in [3.8, 4) is 0 Å². The van der Waals surface area contributed by atoms with Crippen LogP contribution in [0.25, 0.3) is 0 Å². The lowest BCUT2D eigenvalue weighted by Gasteiger charge is -2.18. The van der Waals surface area contributed by atoms with E-state index in [9.17, 15) is 10.1 Å². The Labute approximate surface area is 100 Å². The number of benzene rings is 1. The second-order valence-electron chi connectivity index (χ2n) is 4.55. The van der Waals surface area contributed by atoms with Gasteiger partial charge in [0.2, 0.25) is 0 Å². The molecule has 1 unspecified atom stereocenters. The van der Waals surface area contributed by atoms with E-state index in [2.05, 4.69) is 11.8 Å². The third-order valence-corrected chi connectivity index (χ3v) is 3.36. The largest absolute Gasteiger partial charge is 0.398 e. The van der Waals surface area contributed by atoms with E-state index in [-0.39, 0.29) is 5.69 Å². The molecule has 1 fully saturated rings. The molecule has 1 atom stereocenters. The molecule has 1 aromatic rings. The first kappa shape index (κ1) is 11.7. The van der Waals surface area contributed by atoms with Crippen LogP contribution in [0.15, 0.2) is 18.2 Å². The number of nitro benzene ring substituents is 1. The Balaban J connectivity index is 2.24. The molecular formula is C12H17N3O2. The van der Waals surface area contributed by atoms with E-state index >= 15 is 0 Å². The van der Waals surface area contributed by atoms with Gasteiger partial charge in [-0.15, -0.1) is 0 Å². The predicted octanol–water partition coefficient (Wildman–Crippen LogP) is 2.41. The van der Waals surface area contributed by atoms with Gasteiger partial charge in [-0.1, -0.05) is 13.3 Å². The molecule has 0 aliphatic carbocycles. The summed E-state index contributed by atoms with van der Waals surface area (Å²) >= 11 is 0. The van der Waals surface area contributed by atoms with Crippen molar-refractivity contribution in [2.45, 2.75) is 19.8 Å². The minimum Gasteiger partial charge on any atom is -0.398 e. The maximum absolute atomic E-state index is 10.8. The van der Waals surface area contributed by atoms with Crippen LogP contribution in [0.3, 0.4) is 0 Å². The summed E-state index contributed by atoms with van der Waals surface area (Å²) in [4.78, 5) is 12.6. The van der Waals surface area contributed by atoms with Crippen LogP contribution in [0.1, 0.15) is 19.8 Å². The Morgan fingerprint density at radius 3 is 2.88 bits per heavy atom. The fraction of sp³-hybridized carbons (Fsp3) is 0.500. The topological polar surface area (TPSA) is 72.4 Å². The second kappa shape index (κ2) is 4.61. The Hall–Kier alpha value is -1.78. The van der Waals surface area contributed by atoms with Gasteiger partial charge in [0.1, 0.15) is 0 Å². The zero-order valence-corrected chi connectivity index (χ0v) is 9.93. The minimum absolute atomic E-state index is 0.0694. The quantitative estimate of drug-likeness (QED) is 0.496. The average molecular weight is 235 g/mol. The van der Waals surface area contributed by atoms with Crippen LogP contribution in [0.2, 0.25) is 0 Å². The smallest absolute Gasteiger partial charge is 0.273 e. The summed E-state index contributed by atoms with van der Waals surface area (Å²) in [6, 6.07) is 4.82. The third kappa shape index (κ3) is 2.49. The molecular weight excluding hydrogens is 218 g/mol. The Kier molecular flexibility index (Phi) is 3.17. The van der Waals surface area contributed by atoms with Gasteiger partial charge in [0.25, 0.3) is 5.69 Å². The number of nitro groups is 1. The molecule has 92 valence electrons. The van der Waals surface area contributed by atoms with Crippen molar-refractivity contribution in [1.82, 2.24) is 0 Å². The number of hydrogen-bond donors (Lipinski definition) is 1. The first-order valence-electron chi connectivity index (χ1n) is 5.90. The summed E-state index contributed by atoms with van der Waals surface area (Å²) < 4.78 is 0. The molecule has 0 saturated carbocycles. The molecule has 17 heavy (non-hydrogen) atoms. The maximum atomic E-state index is 10.8. The zero-order valence-electron chi connectivity index (χ0n) is 9.93. The maximum Gasteiger partial charge on any atom is 0.273 e. The summed E-state index contributed by atoms with van der Waals surface area (Å²) in [7, 11) is 0. The van der Waals surface area contributed by atoms with Crippen LogP contribution in [-0.2, 0) is 0 Å². The first-order valence-corrected chi connectivity index (χ1v) is 5.90. The van der Waals surface area contributed by atoms with Crippen LogP contribution < -0.4 is 10.6 Å². The van der Waals surface area contributed by atoms with E-state index in [0.717, 1.165) is 31.6 Å². The van der Waals surface area contributed by atoms with Gasteiger partial charge in [0, 0.05) is 36.6 Å². The highest BCUT2D eigenvalue weighted by Gasteiger charge is 2.22. The molecule has 1 saturated heterocycles. The van der Waals surface area contributed by atoms with Gasteiger partial charge in [0.15, 0.2) is 0 Å². The van der Waals surface area contributed by atoms with Crippen molar-refractivity contribution in [3.05, 3.63) is 28.3 Å². The molecule has 1 aliphatic rings. The summed E-state index contributed by atoms with van der Waals surface area (Å²) in [5.41, 5.74) is 7.09. The highest BCUT2D eigenvalue weighted by Crippen LogP contribution is 2.30. The fourth-order valence-corrected chi connectivity index (χ4v) is 2.31. The van der Waals surface area contributed by atoms with Crippen molar-refractivity contribution in [2.24, 2.45) is 5.92 Å². The highest BCUT2D eigenvalue weighted by molar-refractivity contribution is 5.63. The molecule has 2 rings (SSSR count). The number of nitrogen functional groups attached to an aromatic ring is 1. The molecule has 1 aromatic carbocycles. The van der Waals surface area contributed by atoms with E-state index < -0.39 is 4.92 Å². The SMILES string of the molecule is CCC1CCN(c2cc(N)cc([N+](=O)[O-])c2)C1. The molecule has 0 amide bonds. The molecule has 0 bridgehead atoms. The van der Waals surface area contributed by atoms with Crippen molar-refractivity contribution in [2.75, 3.05) is 23.7 Å². The van der Waals surface area contributed by atoms with E-state index in [1.807, 2.05) is 6.07 Å². The second-order valence-corrected chi connectivity index (χ2v) is 4.55. The van der Waals surface area contributed by atoms with Crippen molar-refractivity contribution < 1.29 is 4.92 Å². The monoisotopic (exact) mass is 235 g/mol. The van der Waals surface area contributed by atoms with Crippen molar-refractivity contribution >= 4 is 17.1 Å². The molecule has 0 spiro atoms. The van der Waals surface area contributed by atoms with E-state index in [0.29, 0.717) is 11.6 Å². The summed E-state index contributed by atoms with van der Waals surface area (Å²) in [5, 5.41) is 10.8. The molecule has 5 nitrogen and oxygen atoms in total. The zero-order chi connectivity index (χ0) is 12.4. The number of rotatable bonds is 3. The fourth-order valence-electron chi connectivity index (χ4n) is 2.31. The average Bonchev–Trinajstić information content (AvgIpc) is 2.76. The van der Waals surface area contributed by atoms with Gasteiger partial charge in [0.05, 0.1) is 4.92 Å². The number of anilines is 2.